The van der Waals surface area contributed by atoms with E-state index in [1.165, 1.54) is 6.07 Å². The second-order valence-corrected chi connectivity index (χ2v) is 6.00. The number of benzene rings is 1. The van der Waals surface area contributed by atoms with Gasteiger partial charge in [0.25, 0.3) is 0 Å². The fourth-order valence-corrected chi connectivity index (χ4v) is 2.84. The molecule has 1 aliphatic heterocycles. The van der Waals surface area contributed by atoms with Gasteiger partial charge >= 0.3 is 0 Å². The smallest absolute Gasteiger partial charge is 0.227 e. The summed E-state index contributed by atoms with van der Waals surface area (Å²) in [6, 6.07) is 3.39. The second kappa shape index (κ2) is 6.01. The van der Waals surface area contributed by atoms with Crippen LogP contribution >= 0.6 is 15.9 Å². The summed E-state index contributed by atoms with van der Waals surface area (Å²) >= 11 is 3.13. The van der Waals surface area contributed by atoms with Gasteiger partial charge in [0.1, 0.15) is 5.82 Å². The molecule has 19 heavy (non-hydrogen) atoms. The summed E-state index contributed by atoms with van der Waals surface area (Å²) in [6.07, 6.45) is 1.65. The van der Waals surface area contributed by atoms with Crippen molar-refractivity contribution < 1.29 is 9.18 Å². The number of carbonyl (C=O) groups is 1. The molecule has 1 amide bonds. The number of nitrogens with one attached hydrogen (secondary N) is 2. The molecule has 0 spiro atoms. The summed E-state index contributed by atoms with van der Waals surface area (Å²) in [5.41, 5.74) is 1.40. The van der Waals surface area contributed by atoms with Crippen molar-refractivity contribution in [2.75, 3.05) is 11.9 Å². The summed E-state index contributed by atoms with van der Waals surface area (Å²) in [7, 11) is 0. The molecule has 0 bridgehead atoms. The number of piperidine rings is 1. The topological polar surface area (TPSA) is 41.1 Å². The molecule has 0 radical (unpaired) electrons. The summed E-state index contributed by atoms with van der Waals surface area (Å²) in [4.78, 5) is 12.2. The van der Waals surface area contributed by atoms with Crippen LogP contribution < -0.4 is 10.6 Å². The van der Waals surface area contributed by atoms with Crippen LogP contribution in [0, 0.1) is 18.7 Å². The minimum Gasteiger partial charge on any atom is -0.325 e. The Bertz CT molecular complexity index is 493. The number of aryl methyl sites for hydroxylation is 1. The van der Waals surface area contributed by atoms with Gasteiger partial charge < -0.3 is 10.6 Å². The Morgan fingerprint density at radius 2 is 2.26 bits per heavy atom. The highest BCUT2D eigenvalue weighted by molar-refractivity contribution is 9.10. The van der Waals surface area contributed by atoms with E-state index < -0.39 is 0 Å². The maximum absolute atomic E-state index is 13.5. The first-order valence-electron chi connectivity index (χ1n) is 6.47. The van der Waals surface area contributed by atoms with E-state index >= 15 is 0 Å². The molecule has 104 valence electrons. The van der Waals surface area contributed by atoms with E-state index in [2.05, 4.69) is 33.5 Å². The van der Waals surface area contributed by atoms with Gasteiger partial charge in [-0.25, -0.2) is 4.39 Å². The van der Waals surface area contributed by atoms with E-state index in [0.717, 1.165) is 24.9 Å². The molecule has 2 N–H and O–H groups in total. The van der Waals surface area contributed by atoms with Crippen LogP contribution in [0.25, 0.3) is 0 Å². The summed E-state index contributed by atoms with van der Waals surface area (Å²) < 4.78 is 13.9. The molecule has 5 heteroatoms. The number of hydrogen-bond donors (Lipinski definition) is 2. The molecule has 1 heterocycles. The lowest BCUT2D eigenvalue weighted by Crippen LogP contribution is -2.40. The normalized spacial score (nSPS) is 23.2. The van der Waals surface area contributed by atoms with Crippen molar-refractivity contribution in [1.82, 2.24) is 5.32 Å². The van der Waals surface area contributed by atoms with Gasteiger partial charge in [0.2, 0.25) is 5.91 Å². The number of anilines is 1. The maximum Gasteiger partial charge on any atom is 0.227 e. The van der Waals surface area contributed by atoms with E-state index in [1.54, 1.807) is 6.07 Å². The first-order valence-corrected chi connectivity index (χ1v) is 7.26. The molecule has 2 atom stereocenters. The Kier molecular flexibility index (Phi) is 4.58. The Balaban J connectivity index is 2.08. The Hall–Kier alpha value is -0.940. The number of rotatable bonds is 2. The van der Waals surface area contributed by atoms with E-state index in [1.807, 2.05) is 6.92 Å². The molecular formula is C14H18BrFN2O. The van der Waals surface area contributed by atoms with E-state index in [-0.39, 0.29) is 17.6 Å². The minimum absolute atomic E-state index is 0.00218. The van der Waals surface area contributed by atoms with Gasteiger partial charge in [0.15, 0.2) is 0 Å². The molecule has 0 aliphatic carbocycles. The molecule has 2 rings (SSSR count). The molecule has 2 unspecified atom stereocenters. The standard InChI is InChI=1S/C14H18BrFN2O/c1-8-5-11(15)12(16)7-13(8)18-14(19)10-3-4-17-9(2)6-10/h5,7,9-10,17H,3-4,6H2,1-2H3,(H,18,19). The van der Waals surface area contributed by atoms with Crippen LogP contribution in [-0.2, 0) is 4.79 Å². The van der Waals surface area contributed by atoms with Crippen LogP contribution in [0.3, 0.4) is 0 Å². The molecule has 0 aromatic heterocycles. The van der Waals surface area contributed by atoms with Crippen molar-refractivity contribution in [2.24, 2.45) is 5.92 Å². The fourth-order valence-electron chi connectivity index (χ4n) is 2.39. The first kappa shape index (κ1) is 14.5. The zero-order chi connectivity index (χ0) is 14.0. The quantitative estimate of drug-likeness (QED) is 0.875. The third-order valence-corrected chi connectivity index (χ3v) is 4.13. The lowest BCUT2D eigenvalue weighted by molar-refractivity contribution is -0.120. The van der Waals surface area contributed by atoms with Gasteiger partial charge in [-0.2, -0.15) is 0 Å². The monoisotopic (exact) mass is 328 g/mol. The molecular weight excluding hydrogens is 311 g/mol. The average molecular weight is 329 g/mol. The summed E-state index contributed by atoms with van der Waals surface area (Å²) in [6.45, 7) is 4.78. The van der Waals surface area contributed by atoms with Crippen molar-refractivity contribution in [3.63, 3.8) is 0 Å². The van der Waals surface area contributed by atoms with Crippen LogP contribution in [0.2, 0.25) is 0 Å². The Morgan fingerprint density at radius 1 is 1.53 bits per heavy atom. The molecule has 3 nitrogen and oxygen atoms in total. The zero-order valence-corrected chi connectivity index (χ0v) is 12.7. The lowest BCUT2D eigenvalue weighted by Gasteiger charge is -2.27. The van der Waals surface area contributed by atoms with Gasteiger partial charge in [0.05, 0.1) is 4.47 Å². The second-order valence-electron chi connectivity index (χ2n) is 5.15. The van der Waals surface area contributed by atoms with Crippen LogP contribution in [0.1, 0.15) is 25.3 Å². The molecule has 1 aliphatic rings. The van der Waals surface area contributed by atoms with Crippen molar-refractivity contribution in [1.29, 1.82) is 0 Å². The predicted molar refractivity (Wildman–Crippen MR) is 77.7 cm³/mol. The van der Waals surface area contributed by atoms with Crippen molar-refractivity contribution in [2.45, 2.75) is 32.7 Å². The summed E-state index contributed by atoms with van der Waals surface area (Å²) in [5.74, 6) is -0.375. The minimum atomic E-state index is -0.362. The zero-order valence-electron chi connectivity index (χ0n) is 11.1. The Labute approximate surface area is 121 Å². The van der Waals surface area contributed by atoms with Crippen molar-refractivity contribution in [3.8, 4) is 0 Å². The fraction of sp³-hybridized carbons (Fsp3) is 0.500. The highest BCUT2D eigenvalue weighted by Crippen LogP contribution is 2.25. The molecule has 0 saturated carbocycles. The number of carbonyl (C=O) groups excluding carboxylic acids is 1. The van der Waals surface area contributed by atoms with E-state index in [9.17, 15) is 9.18 Å². The van der Waals surface area contributed by atoms with Gasteiger partial charge in [0, 0.05) is 17.6 Å². The molecule has 1 fully saturated rings. The lowest BCUT2D eigenvalue weighted by atomic mass is 9.92. The van der Waals surface area contributed by atoms with Crippen LogP contribution in [-0.4, -0.2) is 18.5 Å². The molecule has 1 aromatic rings. The highest BCUT2D eigenvalue weighted by atomic mass is 79.9. The predicted octanol–water partition coefficient (Wildman–Crippen LogP) is 3.22. The van der Waals surface area contributed by atoms with Gasteiger partial charge in [-0.1, -0.05) is 0 Å². The van der Waals surface area contributed by atoms with Crippen molar-refractivity contribution in [3.05, 3.63) is 28.0 Å². The largest absolute Gasteiger partial charge is 0.325 e. The van der Waals surface area contributed by atoms with Crippen LogP contribution in [0.15, 0.2) is 16.6 Å². The van der Waals surface area contributed by atoms with Gasteiger partial charge in [-0.3, -0.25) is 4.79 Å². The SMILES string of the molecule is Cc1cc(Br)c(F)cc1NC(=O)C1CCNC(C)C1. The van der Waals surface area contributed by atoms with E-state index in [0.29, 0.717) is 16.2 Å². The van der Waals surface area contributed by atoms with Gasteiger partial charge in [-0.05, 0) is 66.9 Å². The van der Waals surface area contributed by atoms with E-state index in [4.69, 9.17) is 0 Å². The summed E-state index contributed by atoms with van der Waals surface area (Å²) in [5, 5.41) is 6.15. The van der Waals surface area contributed by atoms with Gasteiger partial charge in [-0.15, -0.1) is 0 Å². The van der Waals surface area contributed by atoms with Crippen LogP contribution in [0.5, 0.6) is 0 Å². The third kappa shape index (κ3) is 3.54. The van der Waals surface area contributed by atoms with Crippen LogP contribution in [0.4, 0.5) is 10.1 Å². The average Bonchev–Trinajstić information content (AvgIpc) is 2.36. The first-order chi connectivity index (χ1) is 8.97. The Morgan fingerprint density at radius 3 is 2.95 bits per heavy atom. The maximum atomic E-state index is 13.5. The number of amides is 1. The highest BCUT2D eigenvalue weighted by Gasteiger charge is 2.25. The molecule has 1 aromatic carbocycles. The molecule has 1 saturated heterocycles. The third-order valence-electron chi connectivity index (χ3n) is 3.52. The number of hydrogen-bond acceptors (Lipinski definition) is 2. The van der Waals surface area contributed by atoms with Crippen molar-refractivity contribution >= 4 is 27.5 Å². The number of halogens is 2.